The molecule has 1 N–H and O–H groups in total. The van der Waals surface area contributed by atoms with E-state index in [2.05, 4.69) is 15.4 Å². The van der Waals surface area contributed by atoms with Crippen molar-refractivity contribution in [3.05, 3.63) is 83.9 Å². The van der Waals surface area contributed by atoms with Gasteiger partial charge in [-0.3, -0.25) is 4.79 Å². The average Bonchev–Trinajstić information content (AvgIpc) is 3.20. The van der Waals surface area contributed by atoms with Crippen LogP contribution in [0.4, 0.5) is 0 Å². The standard InChI is InChI=1S/C20H20N4O3/c1-15(17-5-3-2-4-6-17)23-19(25)12-27-20(26)18-9-7-16(8-10-18)11-24-14-21-13-22-24/h2-10,13-15H,11-12H2,1H3,(H,23,25). The van der Waals surface area contributed by atoms with Gasteiger partial charge in [-0.15, -0.1) is 0 Å². The van der Waals surface area contributed by atoms with E-state index in [-0.39, 0.29) is 18.6 Å². The molecule has 0 aliphatic rings. The summed E-state index contributed by atoms with van der Waals surface area (Å²) in [5.74, 6) is -0.882. The maximum atomic E-state index is 12.1. The molecule has 0 bridgehead atoms. The zero-order chi connectivity index (χ0) is 19.1. The molecule has 0 saturated carbocycles. The smallest absolute Gasteiger partial charge is 0.338 e. The van der Waals surface area contributed by atoms with E-state index < -0.39 is 5.97 Å². The number of benzene rings is 2. The molecule has 0 saturated heterocycles. The number of hydrogen-bond donors (Lipinski definition) is 1. The Balaban J connectivity index is 1.47. The lowest BCUT2D eigenvalue weighted by Gasteiger charge is -2.14. The molecule has 138 valence electrons. The summed E-state index contributed by atoms with van der Waals surface area (Å²) < 4.78 is 6.78. The second-order valence-corrected chi connectivity index (χ2v) is 6.07. The first kappa shape index (κ1) is 18.3. The summed E-state index contributed by atoms with van der Waals surface area (Å²) in [6.45, 7) is 2.12. The Hall–Kier alpha value is -3.48. The van der Waals surface area contributed by atoms with Crippen molar-refractivity contribution < 1.29 is 14.3 Å². The van der Waals surface area contributed by atoms with Gasteiger partial charge in [-0.25, -0.2) is 14.5 Å². The molecule has 0 aliphatic heterocycles. The zero-order valence-corrected chi connectivity index (χ0v) is 14.9. The number of amides is 1. The van der Waals surface area contributed by atoms with Crippen LogP contribution in [0.5, 0.6) is 0 Å². The molecule has 1 amide bonds. The van der Waals surface area contributed by atoms with Crippen LogP contribution in [0.1, 0.15) is 34.5 Å². The monoisotopic (exact) mass is 364 g/mol. The van der Waals surface area contributed by atoms with Crippen LogP contribution in [0.3, 0.4) is 0 Å². The first-order valence-corrected chi connectivity index (χ1v) is 8.54. The van der Waals surface area contributed by atoms with E-state index in [1.54, 1.807) is 23.1 Å². The van der Waals surface area contributed by atoms with Crippen LogP contribution >= 0.6 is 0 Å². The molecule has 0 aliphatic carbocycles. The van der Waals surface area contributed by atoms with Crippen LogP contribution in [0.15, 0.2) is 67.3 Å². The number of esters is 1. The minimum absolute atomic E-state index is 0.159. The molecule has 3 aromatic rings. The fourth-order valence-electron chi connectivity index (χ4n) is 2.57. The van der Waals surface area contributed by atoms with Gasteiger partial charge in [-0.2, -0.15) is 5.10 Å². The van der Waals surface area contributed by atoms with Crippen molar-refractivity contribution in [2.75, 3.05) is 6.61 Å². The molecule has 1 atom stereocenters. The first-order chi connectivity index (χ1) is 13.1. The second-order valence-electron chi connectivity index (χ2n) is 6.07. The fourth-order valence-corrected chi connectivity index (χ4v) is 2.57. The molecule has 27 heavy (non-hydrogen) atoms. The molecule has 7 heteroatoms. The third kappa shape index (κ3) is 5.24. The summed E-state index contributed by atoms with van der Waals surface area (Å²) in [6.07, 6.45) is 3.09. The predicted molar refractivity (Wildman–Crippen MR) is 98.8 cm³/mol. The molecule has 1 aromatic heterocycles. The molecule has 7 nitrogen and oxygen atoms in total. The van der Waals surface area contributed by atoms with E-state index in [0.717, 1.165) is 11.1 Å². The van der Waals surface area contributed by atoms with Crippen molar-refractivity contribution in [3.8, 4) is 0 Å². The van der Waals surface area contributed by atoms with Crippen molar-refractivity contribution in [1.29, 1.82) is 0 Å². The van der Waals surface area contributed by atoms with E-state index >= 15 is 0 Å². The quantitative estimate of drug-likeness (QED) is 0.651. The second kappa shape index (κ2) is 8.75. The van der Waals surface area contributed by atoms with Gasteiger partial charge in [-0.1, -0.05) is 42.5 Å². The molecular formula is C20H20N4O3. The van der Waals surface area contributed by atoms with Gasteiger partial charge >= 0.3 is 5.97 Å². The van der Waals surface area contributed by atoms with Crippen molar-refractivity contribution in [3.63, 3.8) is 0 Å². The van der Waals surface area contributed by atoms with Crippen LogP contribution in [0.25, 0.3) is 0 Å². The third-order valence-corrected chi connectivity index (χ3v) is 4.01. The van der Waals surface area contributed by atoms with Gasteiger partial charge in [0.25, 0.3) is 5.91 Å². The molecule has 2 aromatic carbocycles. The van der Waals surface area contributed by atoms with Gasteiger partial charge in [-0.05, 0) is 30.2 Å². The lowest BCUT2D eigenvalue weighted by Crippen LogP contribution is -2.31. The Labute approximate surface area is 157 Å². The predicted octanol–water partition coefficient (Wildman–Crippen LogP) is 2.36. The normalized spacial score (nSPS) is 11.6. The number of hydrogen-bond acceptors (Lipinski definition) is 5. The molecule has 1 heterocycles. The first-order valence-electron chi connectivity index (χ1n) is 8.54. The number of rotatable bonds is 7. The van der Waals surface area contributed by atoms with Crippen molar-refractivity contribution in [2.45, 2.75) is 19.5 Å². The zero-order valence-electron chi connectivity index (χ0n) is 14.9. The lowest BCUT2D eigenvalue weighted by molar-refractivity contribution is -0.124. The number of aromatic nitrogens is 3. The van der Waals surface area contributed by atoms with E-state index in [1.807, 2.05) is 49.4 Å². The largest absolute Gasteiger partial charge is 0.452 e. The molecule has 0 radical (unpaired) electrons. The SMILES string of the molecule is CC(NC(=O)COC(=O)c1ccc(Cn2cncn2)cc1)c1ccccc1. The minimum Gasteiger partial charge on any atom is -0.452 e. The highest BCUT2D eigenvalue weighted by Crippen LogP contribution is 2.11. The molecule has 3 rings (SSSR count). The Morgan fingerprint density at radius 3 is 2.52 bits per heavy atom. The van der Waals surface area contributed by atoms with Crippen LogP contribution in [-0.4, -0.2) is 33.2 Å². The Morgan fingerprint density at radius 2 is 1.85 bits per heavy atom. The topological polar surface area (TPSA) is 86.1 Å². The minimum atomic E-state index is -0.537. The van der Waals surface area contributed by atoms with Gasteiger partial charge in [0.1, 0.15) is 12.7 Å². The van der Waals surface area contributed by atoms with Gasteiger partial charge in [0.15, 0.2) is 6.61 Å². The highest BCUT2D eigenvalue weighted by Gasteiger charge is 2.13. The maximum Gasteiger partial charge on any atom is 0.338 e. The van der Waals surface area contributed by atoms with Gasteiger partial charge < -0.3 is 10.1 Å². The summed E-state index contributed by atoms with van der Waals surface area (Å²) in [5.41, 5.74) is 2.35. The van der Waals surface area contributed by atoms with Crippen molar-refractivity contribution in [1.82, 2.24) is 20.1 Å². The summed E-state index contributed by atoms with van der Waals surface area (Å²) >= 11 is 0. The lowest BCUT2D eigenvalue weighted by atomic mass is 10.1. The van der Waals surface area contributed by atoms with Gasteiger partial charge in [0.05, 0.1) is 18.2 Å². The van der Waals surface area contributed by atoms with E-state index in [9.17, 15) is 9.59 Å². The van der Waals surface area contributed by atoms with Gasteiger partial charge in [0.2, 0.25) is 0 Å². The summed E-state index contributed by atoms with van der Waals surface area (Å²) in [7, 11) is 0. The van der Waals surface area contributed by atoms with Crippen molar-refractivity contribution in [2.24, 2.45) is 0 Å². The highest BCUT2D eigenvalue weighted by molar-refractivity contribution is 5.91. The average molecular weight is 364 g/mol. The molecule has 1 unspecified atom stereocenters. The number of ether oxygens (including phenoxy) is 1. The molecule has 0 fully saturated rings. The van der Waals surface area contributed by atoms with Crippen LogP contribution in [0, 0.1) is 0 Å². The number of nitrogens with zero attached hydrogens (tertiary/aromatic N) is 3. The van der Waals surface area contributed by atoms with Crippen LogP contribution in [0.2, 0.25) is 0 Å². The van der Waals surface area contributed by atoms with Gasteiger partial charge in [0, 0.05) is 0 Å². The Morgan fingerprint density at radius 1 is 1.11 bits per heavy atom. The van der Waals surface area contributed by atoms with E-state index in [0.29, 0.717) is 12.1 Å². The number of nitrogens with one attached hydrogen (secondary N) is 1. The van der Waals surface area contributed by atoms with E-state index in [4.69, 9.17) is 4.74 Å². The Bertz CT molecular complexity index is 877. The summed E-state index contributed by atoms with van der Waals surface area (Å²) in [5, 5.41) is 6.84. The highest BCUT2D eigenvalue weighted by atomic mass is 16.5. The Kier molecular flexibility index (Phi) is 5.94. The van der Waals surface area contributed by atoms with Crippen LogP contribution < -0.4 is 5.32 Å². The number of carbonyl (C=O) groups is 2. The number of carbonyl (C=O) groups excluding carboxylic acids is 2. The fraction of sp³-hybridized carbons (Fsp3) is 0.200. The van der Waals surface area contributed by atoms with Crippen molar-refractivity contribution >= 4 is 11.9 Å². The van der Waals surface area contributed by atoms with E-state index in [1.165, 1.54) is 6.33 Å². The molecular weight excluding hydrogens is 344 g/mol. The maximum absolute atomic E-state index is 12.1. The summed E-state index contributed by atoms with van der Waals surface area (Å²) in [6, 6.07) is 16.4. The summed E-state index contributed by atoms with van der Waals surface area (Å²) in [4.78, 5) is 28.0. The third-order valence-electron chi connectivity index (χ3n) is 4.01. The molecule has 0 spiro atoms. The van der Waals surface area contributed by atoms with Crippen LogP contribution in [-0.2, 0) is 16.1 Å².